The molecule has 2 amide bonds. The van der Waals surface area contributed by atoms with Gasteiger partial charge in [0.05, 0.1) is 24.2 Å². The van der Waals surface area contributed by atoms with Crippen molar-refractivity contribution >= 4 is 29.3 Å². The minimum absolute atomic E-state index is 0.0716. The largest absolute Gasteiger partial charge is 0.469 e. The van der Waals surface area contributed by atoms with Crippen molar-refractivity contribution in [3.63, 3.8) is 0 Å². The van der Waals surface area contributed by atoms with Crippen molar-refractivity contribution in [1.29, 1.82) is 0 Å². The van der Waals surface area contributed by atoms with E-state index in [4.69, 9.17) is 16.4 Å². The first-order valence-corrected chi connectivity index (χ1v) is 5.97. The van der Waals surface area contributed by atoms with Crippen LogP contribution in [-0.4, -0.2) is 37.4 Å². The van der Waals surface area contributed by atoms with Gasteiger partial charge in [-0.05, 0) is 12.1 Å². The summed E-state index contributed by atoms with van der Waals surface area (Å²) in [6, 6.07) is 6.47. The van der Waals surface area contributed by atoms with Crippen LogP contribution in [0.25, 0.3) is 0 Å². The molecule has 6 nitrogen and oxygen atoms in total. The molecule has 0 aliphatic carbocycles. The molecule has 0 radical (unpaired) electrons. The molecule has 0 N–H and O–H groups in total. The van der Waals surface area contributed by atoms with Crippen LogP contribution in [0.5, 0.6) is 0 Å². The van der Waals surface area contributed by atoms with Gasteiger partial charge in [-0.1, -0.05) is 23.7 Å². The molecule has 1 atom stereocenters. The number of methoxy groups -OCH3 is 1. The minimum Gasteiger partial charge on any atom is -0.469 e. The Balaban J connectivity index is 2.31. The predicted octanol–water partition coefficient (Wildman–Crippen LogP) is 2.03. The van der Waals surface area contributed by atoms with Crippen LogP contribution in [0.15, 0.2) is 24.3 Å². The molecule has 1 aromatic rings. The smallest absolute Gasteiger partial charge is 0.350 e. The number of hydrogen-bond acceptors (Lipinski definition) is 4. The van der Waals surface area contributed by atoms with Crippen LogP contribution in [0.4, 0.5) is 10.5 Å². The van der Waals surface area contributed by atoms with Gasteiger partial charge >= 0.3 is 12.0 Å². The third-order valence-corrected chi connectivity index (χ3v) is 3.04. The molecule has 1 aromatic carbocycles. The number of carbonyl (C=O) groups is 2. The zero-order chi connectivity index (χ0) is 14.0. The van der Waals surface area contributed by atoms with Crippen LogP contribution in [0.1, 0.15) is 6.42 Å². The first kappa shape index (κ1) is 13.6. The van der Waals surface area contributed by atoms with Gasteiger partial charge in [0.15, 0.2) is 6.23 Å². The highest BCUT2D eigenvalue weighted by atomic mass is 35.5. The molecule has 1 fully saturated rings. The van der Waals surface area contributed by atoms with Crippen molar-refractivity contribution < 1.29 is 19.2 Å². The van der Waals surface area contributed by atoms with E-state index in [9.17, 15) is 9.59 Å². The van der Waals surface area contributed by atoms with Gasteiger partial charge in [-0.3, -0.25) is 9.69 Å². The summed E-state index contributed by atoms with van der Waals surface area (Å²) in [5.41, 5.74) is 0.493. The van der Waals surface area contributed by atoms with Crippen LogP contribution in [0.3, 0.4) is 0 Å². The number of para-hydroxylation sites is 1. The zero-order valence-corrected chi connectivity index (χ0v) is 11.3. The summed E-state index contributed by atoms with van der Waals surface area (Å²) in [7, 11) is 2.76. The number of anilines is 1. The Labute approximate surface area is 115 Å². The second-order valence-electron chi connectivity index (χ2n) is 3.94. The van der Waals surface area contributed by atoms with Crippen molar-refractivity contribution in [2.45, 2.75) is 12.6 Å². The molecule has 19 heavy (non-hydrogen) atoms. The normalized spacial score (nSPS) is 18.9. The Kier molecular flexibility index (Phi) is 3.92. The average molecular weight is 285 g/mol. The topological polar surface area (TPSA) is 59.1 Å². The lowest BCUT2D eigenvalue weighted by atomic mass is 10.2. The van der Waals surface area contributed by atoms with Gasteiger partial charge in [0.25, 0.3) is 0 Å². The van der Waals surface area contributed by atoms with E-state index in [1.165, 1.54) is 19.1 Å². The number of hydroxylamine groups is 2. The van der Waals surface area contributed by atoms with Gasteiger partial charge in [0.2, 0.25) is 0 Å². The quantitative estimate of drug-likeness (QED) is 0.797. The highest BCUT2D eigenvalue weighted by Gasteiger charge is 2.40. The summed E-state index contributed by atoms with van der Waals surface area (Å²) >= 11 is 6.07. The van der Waals surface area contributed by atoms with Gasteiger partial charge in [-0.15, -0.1) is 0 Å². The number of benzene rings is 1. The van der Waals surface area contributed by atoms with E-state index in [0.717, 1.165) is 5.06 Å². The number of amides is 2. The maximum atomic E-state index is 12.1. The molecule has 0 bridgehead atoms. The molecule has 0 spiro atoms. The summed E-state index contributed by atoms with van der Waals surface area (Å²) in [6.07, 6.45) is -0.831. The lowest BCUT2D eigenvalue weighted by Gasteiger charge is -2.20. The van der Waals surface area contributed by atoms with Crippen molar-refractivity contribution in [1.82, 2.24) is 5.06 Å². The summed E-state index contributed by atoms with van der Waals surface area (Å²) in [5, 5.41) is 1.47. The third kappa shape index (κ3) is 2.64. The van der Waals surface area contributed by atoms with Gasteiger partial charge in [-0.25, -0.2) is 14.7 Å². The first-order valence-electron chi connectivity index (χ1n) is 5.59. The number of esters is 1. The maximum Gasteiger partial charge on any atom is 0.350 e. The number of halogens is 1. The highest BCUT2D eigenvalue weighted by molar-refractivity contribution is 6.33. The van der Waals surface area contributed by atoms with Crippen molar-refractivity contribution in [3.05, 3.63) is 29.3 Å². The molecular weight excluding hydrogens is 272 g/mol. The molecule has 1 saturated heterocycles. The standard InChI is InChI=1S/C12H13ClN2O4/c1-14-12(17)15(9-6-4-3-5-8(9)13)10(19-14)7-11(16)18-2/h3-6,10H,7H2,1-2H3. The van der Waals surface area contributed by atoms with Crippen LogP contribution in [0.2, 0.25) is 5.02 Å². The van der Waals surface area contributed by atoms with E-state index in [0.29, 0.717) is 10.7 Å². The molecule has 1 aliphatic heterocycles. The fourth-order valence-electron chi connectivity index (χ4n) is 1.81. The zero-order valence-electron chi connectivity index (χ0n) is 10.5. The van der Waals surface area contributed by atoms with E-state index in [-0.39, 0.29) is 12.5 Å². The van der Waals surface area contributed by atoms with Crippen molar-refractivity contribution in [2.24, 2.45) is 0 Å². The Morgan fingerprint density at radius 2 is 2.16 bits per heavy atom. The molecule has 1 heterocycles. The maximum absolute atomic E-state index is 12.1. The second kappa shape index (κ2) is 5.46. The predicted molar refractivity (Wildman–Crippen MR) is 68.6 cm³/mol. The van der Waals surface area contributed by atoms with Gasteiger partial charge in [0, 0.05) is 7.05 Å². The third-order valence-electron chi connectivity index (χ3n) is 2.72. The number of urea groups is 1. The Bertz CT molecular complexity index is 508. The van der Waals surface area contributed by atoms with Gasteiger partial charge < -0.3 is 4.74 Å². The summed E-state index contributed by atoms with van der Waals surface area (Å²) in [4.78, 5) is 30.1. The van der Waals surface area contributed by atoms with E-state index >= 15 is 0 Å². The Morgan fingerprint density at radius 1 is 1.47 bits per heavy atom. The van der Waals surface area contributed by atoms with Crippen LogP contribution in [-0.2, 0) is 14.4 Å². The number of nitrogens with zero attached hydrogens (tertiary/aromatic N) is 2. The summed E-state index contributed by atoms with van der Waals surface area (Å²) in [5.74, 6) is -0.467. The van der Waals surface area contributed by atoms with E-state index in [1.807, 2.05) is 0 Å². The van der Waals surface area contributed by atoms with E-state index in [1.54, 1.807) is 24.3 Å². The summed E-state index contributed by atoms with van der Waals surface area (Å²) < 4.78 is 4.59. The van der Waals surface area contributed by atoms with Gasteiger partial charge in [0.1, 0.15) is 0 Å². The Hall–Kier alpha value is -1.79. The fraction of sp³-hybridized carbons (Fsp3) is 0.333. The minimum atomic E-state index is -0.759. The molecule has 102 valence electrons. The lowest BCUT2D eigenvalue weighted by Crippen LogP contribution is -2.36. The van der Waals surface area contributed by atoms with Gasteiger partial charge in [-0.2, -0.15) is 0 Å². The molecule has 0 aromatic heterocycles. The average Bonchev–Trinajstić information content (AvgIpc) is 2.66. The van der Waals surface area contributed by atoms with E-state index in [2.05, 4.69) is 4.74 Å². The van der Waals surface area contributed by atoms with Crippen LogP contribution in [0, 0.1) is 0 Å². The number of rotatable bonds is 3. The van der Waals surface area contributed by atoms with Crippen LogP contribution >= 0.6 is 11.6 Å². The molecular formula is C12H13ClN2O4. The first-order chi connectivity index (χ1) is 9.04. The van der Waals surface area contributed by atoms with Crippen LogP contribution < -0.4 is 4.90 Å². The van der Waals surface area contributed by atoms with Crippen molar-refractivity contribution in [2.75, 3.05) is 19.1 Å². The molecule has 2 rings (SSSR count). The molecule has 7 heteroatoms. The number of carbonyl (C=O) groups excluding carboxylic acids is 2. The summed E-state index contributed by atoms with van der Waals surface area (Å²) in [6.45, 7) is 0. The monoisotopic (exact) mass is 284 g/mol. The molecule has 1 aliphatic rings. The molecule has 0 saturated carbocycles. The van der Waals surface area contributed by atoms with Crippen molar-refractivity contribution in [3.8, 4) is 0 Å². The SMILES string of the molecule is COC(=O)CC1ON(C)C(=O)N1c1ccccc1Cl. The second-order valence-corrected chi connectivity index (χ2v) is 4.35. The number of ether oxygens (including phenoxy) is 1. The molecule has 1 unspecified atom stereocenters. The van der Waals surface area contributed by atoms with E-state index < -0.39 is 12.2 Å². The lowest BCUT2D eigenvalue weighted by molar-refractivity contribution is -0.150. The fourth-order valence-corrected chi connectivity index (χ4v) is 2.04. The number of hydrogen-bond donors (Lipinski definition) is 0. The highest BCUT2D eigenvalue weighted by Crippen LogP contribution is 2.32. The Morgan fingerprint density at radius 3 is 2.79 bits per heavy atom.